The highest BCUT2D eigenvalue weighted by molar-refractivity contribution is 5.94. The van der Waals surface area contributed by atoms with Gasteiger partial charge >= 0.3 is 0 Å². The number of rotatable bonds is 3. The molecule has 1 saturated carbocycles. The summed E-state index contributed by atoms with van der Waals surface area (Å²) in [4.78, 5) is 51.3. The zero-order valence-corrected chi connectivity index (χ0v) is 17.4. The number of aromatic nitrogens is 3. The van der Waals surface area contributed by atoms with Crippen LogP contribution >= 0.6 is 0 Å². The summed E-state index contributed by atoms with van der Waals surface area (Å²) in [6.45, 7) is 0.916. The van der Waals surface area contributed by atoms with Crippen molar-refractivity contribution in [3.05, 3.63) is 30.2 Å². The third-order valence-electron chi connectivity index (χ3n) is 5.59. The van der Waals surface area contributed by atoms with Crippen LogP contribution in [-0.4, -0.2) is 85.7 Å². The van der Waals surface area contributed by atoms with Gasteiger partial charge in [-0.25, -0.2) is 9.50 Å². The maximum absolute atomic E-state index is 12.9. The van der Waals surface area contributed by atoms with Gasteiger partial charge < -0.3 is 25.7 Å². The van der Waals surface area contributed by atoms with Crippen LogP contribution < -0.4 is 10.6 Å². The minimum atomic E-state index is -0.717. The second-order valence-corrected chi connectivity index (χ2v) is 7.71. The molecule has 1 aliphatic carbocycles. The number of amides is 3. The first-order valence-corrected chi connectivity index (χ1v) is 10.3. The molecule has 2 aliphatic rings. The summed E-state index contributed by atoms with van der Waals surface area (Å²) in [6, 6.07) is 2.81. The molecule has 0 radical (unpaired) electrons. The highest BCUT2D eigenvalue weighted by atomic mass is 16.3. The van der Waals surface area contributed by atoms with Gasteiger partial charge in [0.2, 0.25) is 11.8 Å². The summed E-state index contributed by atoms with van der Waals surface area (Å²) in [6.07, 6.45) is 4.28. The molecule has 12 heteroatoms. The Kier molecular flexibility index (Phi) is 7.71. The Balaban J connectivity index is 0.000000913. The number of aliphatic hydroxyl groups is 1. The number of nitrogens with one attached hydrogen (secondary N) is 2. The first kappa shape index (κ1) is 23.1. The van der Waals surface area contributed by atoms with Crippen molar-refractivity contribution in [2.24, 2.45) is 5.92 Å². The third-order valence-corrected chi connectivity index (χ3v) is 5.59. The molecule has 1 aliphatic heterocycles. The Morgan fingerprint density at radius 3 is 2.84 bits per heavy atom. The van der Waals surface area contributed by atoms with Gasteiger partial charge in [-0.1, -0.05) is 0 Å². The molecule has 0 bridgehead atoms. The van der Waals surface area contributed by atoms with Crippen molar-refractivity contribution in [3.8, 4) is 0 Å². The van der Waals surface area contributed by atoms with Gasteiger partial charge in [-0.05, 0) is 37.8 Å². The molecule has 1 saturated heterocycles. The van der Waals surface area contributed by atoms with Gasteiger partial charge in [0.05, 0.1) is 24.3 Å². The maximum atomic E-state index is 12.9. The van der Waals surface area contributed by atoms with E-state index in [2.05, 4.69) is 20.7 Å². The fraction of sp³-hybridized carbons (Fsp3) is 0.500. The molecule has 3 atom stereocenters. The lowest BCUT2D eigenvalue weighted by Crippen LogP contribution is -2.50. The molecule has 12 nitrogen and oxygen atoms in total. The fourth-order valence-electron chi connectivity index (χ4n) is 3.99. The van der Waals surface area contributed by atoms with Gasteiger partial charge in [0.15, 0.2) is 5.65 Å². The van der Waals surface area contributed by atoms with Crippen molar-refractivity contribution >= 4 is 29.8 Å². The van der Waals surface area contributed by atoms with Crippen molar-refractivity contribution in [1.82, 2.24) is 30.1 Å². The van der Waals surface area contributed by atoms with Gasteiger partial charge in [-0.2, -0.15) is 5.10 Å². The standard InChI is InChI=1S/C19H24N6O4.CH2O2/c26-15-4-2-12(19(29)24-7-1-6-20-17(27)10-24)8-14(15)23-18(28)13-3-5-16-21-11-22-25(16)9-13;2-1-3/h3,5,9,11-12,14-15,26H,1-2,4,6-8,10H2,(H,20,27)(H,23,28);1H,(H,2,3)/t12-,14+,15+;/m0./s1. The summed E-state index contributed by atoms with van der Waals surface area (Å²) in [5.74, 6) is -0.904. The van der Waals surface area contributed by atoms with Crippen LogP contribution in [0.15, 0.2) is 24.7 Å². The molecule has 32 heavy (non-hydrogen) atoms. The van der Waals surface area contributed by atoms with E-state index in [0.29, 0.717) is 43.6 Å². The van der Waals surface area contributed by atoms with Gasteiger partial charge in [-0.15, -0.1) is 0 Å². The topological polar surface area (TPSA) is 166 Å². The van der Waals surface area contributed by atoms with Crippen LogP contribution in [0.5, 0.6) is 0 Å². The molecule has 3 heterocycles. The molecular formula is C20H26N6O6. The van der Waals surface area contributed by atoms with Gasteiger partial charge in [0.25, 0.3) is 12.4 Å². The molecule has 0 spiro atoms. The van der Waals surface area contributed by atoms with Crippen LogP contribution in [0, 0.1) is 5.92 Å². The lowest BCUT2D eigenvalue weighted by molar-refractivity contribution is -0.140. The largest absolute Gasteiger partial charge is 0.483 e. The second-order valence-electron chi connectivity index (χ2n) is 7.71. The van der Waals surface area contributed by atoms with E-state index < -0.39 is 12.1 Å². The van der Waals surface area contributed by atoms with Crippen molar-refractivity contribution in [2.45, 2.75) is 37.8 Å². The van der Waals surface area contributed by atoms with E-state index >= 15 is 0 Å². The first-order valence-electron chi connectivity index (χ1n) is 10.3. The van der Waals surface area contributed by atoms with Crippen LogP contribution in [0.25, 0.3) is 5.65 Å². The van der Waals surface area contributed by atoms with Gasteiger partial charge in [0.1, 0.15) is 6.33 Å². The van der Waals surface area contributed by atoms with E-state index in [0.717, 1.165) is 6.42 Å². The van der Waals surface area contributed by atoms with Gasteiger partial charge in [0, 0.05) is 25.2 Å². The van der Waals surface area contributed by atoms with E-state index in [9.17, 15) is 19.5 Å². The van der Waals surface area contributed by atoms with Crippen LogP contribution in [-0.2, 0) is 14.4 Å². The molecule has 2 aromatic heterocycles. The number of hydrogen-bond acceptors (Lipinski definition) is 7. The monoisotopic (exact) mass is 446 g/mol. The highest BCUT2D eigenvalue weighted by Crippen LogP contribution is 2.27. The van der Waals surface area contributed by atoms with Crippen LogP contribution in [0.2, 0.25) is 0 Å². The second kappa shape index (κ2) is 10.7. The number of carbonyl (C=O) groups is 4. The Hall–Kier alpha value is -3.54. The molecule has 2 aromatic rings. The summed E-state index contributed by atoms with van der Waals surface area (Å²) in [7, 11) is 0. The Morgan fingerprint density at radius 1 is 1.28 bits per heavy atom. The SMILES string of the molecule is O=C1CN(C(=O)[C@H]2CC[C@@H](O)[C@H](NC(=O)c3ccc4ncnn4c3)C2)CCCN1.O=CO. The third kappa shape index (κ3) is 5.58. The van der Waals surface area contributed by atoms with Crippen molar-refractivity contribution in [1.29, 1.82) is 0 Å². The summed E-state index contributed by atoms with van der Waals surface area (Å²) in [5.41, 5.74) is 1.03. The van der Waals surface area contributed by atoms with Crippen LogP contribution in [0.3, 0.4) is 0 Å². The minimum Gasteiger partial charge on any atom is -0.483 e. The highest BCUT2D eigenvalue weighted by Gasteiger charge is 2.36. The first-order chi connectivity index (χ1) is 15.4. The fourth-order valence-corrected chi connectivity index (χ4v) is 3.99. The maximum Gasteiger partial charge on any atom is 0.290 e. The van der Waals surface area contributed by atoms with Crippen molar-refractivity contribution < 1.29 is 29.4 Å². The quantitative estimate of drug-likeness (QED) is 0.437. The van der Waals surface area contributed by atoms with E-state index in [-0.39, 0.29) is 36.7 Å². The Labute approximate surface area is 183 Å². The molecular weight excluding hydrogens is 420 g/mol. The average molecular weight is 446 g/mol. The summed E-state index contributed by atoms with van der Waals surface area (Å²) < 4.78 is 1.50. The average Bonchev–Trinajstić information content (AvgIpc) is 3.14. The van der Waals surface area contributed by atoms with E-state index in [1.165, 1.54) is 10.8 Å². The predicted molar refractivity (Wildman–Crippen MR) is 110 cm³/mol. The number of nitrogens with zero attached hydrogens (tertiary/aromatic N) is 4. The number of aliphatic hydroxyl groups excluding tert-OH is 1. The summed E-state index contributed by atoms with van der Waals surface area (Å²) in [5, 5.41) is 26.9. The number of carboxylic acid groups (broad SMARTS) is 1. The zero-order valence-electron chi connectivity index (χ0n) is 17.4. The minimum absolute atomic E-state index is 0.0623. The van der Waals surface area contributed by atoms with Crippen LogP contribution in [0.1, 0.15) is 36.0 Å². The lowest BCUT2D eigenvalue weighted by atomic mass is 9.82. The predicted octanol–water partition coefficient (Wildman–Crippen LogP) is -0.962. The molecule has 4 rings (SSSR count). The number of hydrogen-bond donors (Lipinski definition) is 4. The van der Waals surface area contributed by atoms with Crippen molar-refractivity contribution in [3.63, 3.8) is 0 Å². The molecule has 0 aromatic carbocycles. The summed E-state index contributed by atoms with van der Waals surface area (Å²) >= 11 is 0. The van der Waals surface area contributed by atoms with Crippen LogP contribution in [0.4, 0.5) is 0 Å². The van der Waals surface area contributed by atoms with Crippen molar-refractivity contribution in [2.75, 3.05) is 19.6 Å². The van der Waals surface area contributed by atoms with E-state index in [4.69, 9.17) is 9.90 Å². The molecule has 3 amide bonds. The number of carbonyl (C=O) groups excluding carboxylic acids is 3. The number of fused-ring (bicyclic) bond motifs is 1. The molecule has 4 N–H and O–H groups in total. The zero-order chi connectivity index (χ0) is 23.1. The number of pyridine rings is 1. The van der Waals surface area contributed by atoms with E-state index in [1.54, 1.807) is 23.2 Å². The van der Waals surface area contributed by atoms with E-state index in [1.807, 2.05) is 0 Å². The molecule has 172 valence electrons. The Morgan fingerprint density at radius 2 is 2.06 bits per heavy atom. The Bertz CT molecular complexity index is 978. The van der Waals surface area contributed by atoms with Gasteiger partial charge in [-0.3, -0.25) is 19.2 Å². The normalized spacial score (nSPS) is 23.3. The molecule has 2 fully saturated rings. The molecule has 0 unspecified atom stereocenters. The smallest absolute Gasteiger partial charge is 0.290 e. The lowest BCUT2D eigenvalue weighted by Gasteiger charge is -2.35.